The molecule has 0 saturated heterocycles. The molecule has 0 N–H and O–H groups in total. The van der Waals surface area contributed by atoms with E-state index in [0.29, 0.717) is 30.0 Å². The second-order valence-electron chi connectivity index (χ2n) is 7.26. The van der Waals surface area contributed by atoms with Crippen LogP contribution in [0.2, 0.25) is 0 Å². The van der Waals surface area contributed by atoms with Crippen molar-refractivity contribution in [1.29, 1.82) is 0 Å². The van der Waals surface area contributed by atoms with Crippen molar-refractivity contribution in [3.63, 3.8) is 0 Å². The number of aromatic nitrogens is 2. The molecule has 2 aromatic carbocycles. The van der Waals surface area contributed by atoms with Crippen LogP contribution in [0.15, 0.2) is 58.1 Å². The lowest BCUT2D eigenvalue weighted by Crippen LogP contribution is -2.34. The summed E-state index contributed by atoms with van der Waals surface area (Å²) < 4.78 is 7.55. The number of hydrogen-bond acceptors (Lipinski definition) is 4. The molecule has 0 atom stereocenters. The van der Waals surface area contributed by atoms with Crippen LogP contribution in [0.5, 0.6) is 5.75 Å². The molecule has 1 saturated carbocycles. The van der Waals surface area contributed by atoms with E-state index in [9.17, 15) is 9.59 Å². The van der Waals surface area contributed by atoms with Crippen molar-refractivity contribution in [1.82, 2.24) is 14.5 Å². The zero-order valence-corrected chi connectivity index (χ0v) is 17.8. The quantitative estimate of drug-likeness (QED) is 0.544. The highest BCUT2D eigenvalue weighted by molar-refractivity contribution is 9.10. The summed E-state index contributed by atoms with van der Waals surface area (Å²) in [4.78, 5) is 31.9. The Labute approximate surface area is 177 Å². The predicted octanol–water partition coefficient (Wildman–Crippen LogP) is 3.75. The number of carbonyl (C=O) groups excluding carboxylic acids is 1. The minimum Gasteiger partial charge on any atom is -0.497 e. The Kier molecular flexibility index (Phi) is 5.67. The first-order valence-electron chi connectivity index (χ1n) is 9.62. The molecule has 1 fully saturated rings. The molecular formula is C22H22BrN3O3. The molecule has 1 heterocycles. The van der Waals surface area contributed by atoms with Gasteiger partial charge in [-0.05, 0) is 48.7 Å². The summed E-state index contributed by atoms with van der Waals surface area (Å²) in [5.41, 5.74) is 1.59. The molecular weight excluding hydrogens is 434 g/mol. The number of benzene rings is 2. The maximum Gasteiger partial charge on any atom is 0.261 e. The molecule has 4 rings (SSSR count). The van der Waals surface area contributed by atoms with E-state index >= 15 is 0 Å². The Balaban J connectivity index is 1.46. The fourth-order valence-electron chi connectivity index (χ4n) is 3.38. The summed E-state index contributed by atoms with van der Waals surface area (Å²) in [6, 6.07) is 13.5. The second kappa shape index (κ2) is 8.37. The highest BCUT2D eigenvalue weighted by atomic mass is 79.9. The Hall–Kier alpha value is -2.67. The molecule has 0 bridgehead atoms. The van der Waals surface area contributed by atoms with Crippen molar-refractivity contribution >= 4 is 32.7 Å². The van der Waals surface area contributed by atoms with Crippen molar-refractivity contribution in [2.75, 3.05) is 7.11 Å². The summed E-state index contributed by atoms with van der Waals surface area (Å²) in [6.45, 7) is 0.893. The van der Waals surface area contributed by atoms with Gasteiger partial charge >= 0.3 is 0 Å². The Morgan fingerprint density at radius 2 is 2.00 bits per heavy atom. The van der Waals surface area contributed by atoms with E-state index in [1.807, 2.05) is 35.2 Å². The largest absolute Gasteiger partial charge is 0.497 e. The summed E-state index contributed by atoms with van der Waals surface area (Å²) in [5, 5.41) is 0.548. The number of rotatable bonds is 7. The first kappa shape index (κ1) is 19.6. The highest BCUT2D eigenvalue weighted by Crippen LogP contribution is 2.29. The topological polar surface area (TPSA) is 64.4 Å². The van der Waals surface area contributed by atoms with Gasteiger partial charge in [-0.3, -0.25) is 14.2 Å². The Bertz CT molecular complexity index is 1090. The van der Waals surface area contributed by atoms with Gasteiger partial charge in [0.2, 0.25) is 5.91 Å². The zero-order valence-electron chi connectivity index (χ0n) is 16.2. The lowest BCUT2D eigenvalue weighted by molar-refractivity contribution is -0.132. The van der Waals surface area contributed by atoms with Gasteiger partial charge in [0.25, 0.3) is 5.56 Å². The lowest BCUT2D eigenvalue weighted by atomic mass is 10.2. The molecule has 0 spiro atoms. The van der Waals surface area contributed by atoms with Crippen LogP contribution >= 0.6 is 15.9 Å². The minimum absolute atomic E-state index is 0.0598. The van der Waals surface area contributed by atoms with Gasteiger partial charge in [-0.25, -0.2) is 4.98 Å². The molecule has 1 aliphatic carbocycles. The third-order valence-corrected chi connectivity index (χ3v) is 5.67. The van der Waals surface area contributed by atoms with E-state index in [4.69, 9.17) is 4.74 Å². The number of fused-ring (bicyclic) bond motifs is 1. The summed E-state index contributed by atoms with van der Waals surface area (Å²) >= 11 is 3.39. The van der Waals surface area contributed by atoms with Gasteiger partial charge in [0, 0.05) is 30.0 Å². The van der Waals surface area contributed by atoms with Crippen LogP contribution in [-0.4, -0.2) is 33.5 Å². The Morgan fingerprint density at radius 3 is 2.69 bits per heavy atom. The number of methoxy groups -OCH3 is 1. The van der Waals surface area contributed by atoms with Gasteiger partial charge in [-0.15, -0.1) is 0 Å². The number of halogens is 1. The van der Waals surface area contributed by atoms with Crippen molar-refractivity contribution in [2.24, 2.45) is 0 Å². The lowest BCUT2D eigenvalue weighted by Gasteiger charge is -2.23. The maximum absolute atomic E-state index is 12.9. The van der Waals surface area contributed by atoms with Crippen molar-refractivity contribution in [2.45, 2.75) is 38.4 Å². The zero-order chi connectivity index (χ0) is 20.4. The molecule has 6 nitrogen and oxygen atoms in total. The molecule has 0 aliphatic heterocycles. The van der Waals surface area contributed by atoms with Gasteiger partial charge in [0.1, 0.15) is 5.75 Å². The van der Waals surface area contributed by atoms with Crippen molar-refractivity contribution in [3.05, 3.63) is 69.2 Å². The monoisotopic (exact) mass is 455 g/mol. The van der Waals surface area contributed by atoms with Crippen LogP contribution in [0.3, 0.4) is 0 Å². The summed E-state index contributed by atoms with van der Waals surface area (Å²) in [7, 11) is 1.64. The van der Waals surface area contributed by atoms with Crippen LogP contribution in [-0.2, 0) is 17.9 Å². The van der Waals surface area contributed by atoms with Crippen LogP contribution in [0.4, 0.5) is 0 Å². The summed E-state index contributed by atoms with van der Waals surface area (Å²) in [5.74, 6) is 0.859. The number of amides is 1. The normalized spacial score (nSPS) is 13.4. The minimum atomic E-state index is -0.128. The molecule has 1 amide bonds. The molecule has 3 aromatic rings. The average Bonchev–Trinajstić information content (AvgIpc) is 3.57. The van der Waals surface area contributed by atoms with Gasteiger partial charge in [-0.1, -0.05) is 28.1 Å². The van der Waals surface area contributed by atoms with Crippen LogP contribution in [0.25, 0.3) is 10.9 Å². The van der Waals surface area contributed by atoms with Crippen LogP contribution < -0.4 is 10.3 Å². The SMILES string of the molecule is COc1ccc(CN(C(=O)CCn2cnc3ccc(Br)cc3c2=O)C2CC2)cc1. The van der Waals surface area contributed by atoms with Crippen molar-refractivity contribution < 1.29 is 9.53 Å². The number of aryl methyl sites for hydroxylation is 1. The summed E-state index contributed by atoms with van der Waals surface area (Å²) in [6.07, 6.45) is 3.87. The molecule has 1 aromatic heterocycles. The second-order valence-corrected chi connectivity index (χ2v) is 8.17. The molecule has 0 radical (unpaired) electrons. The highest BCUT2D eigenvalue weighted by Gasteiger charge is 2.32. The van der Waals surface area contributed by atoms with E-state index in [0.717, 1.165) is 28.6 Å². The first-order valence-corrected chi connectivity index (χ1v) is 10.4. The number of carbonyl (C=O) groups is 1. The molecule has 1 aliphatic rings. The average molecular weight is 456 g/mol. The third kappa shape index (κ3) is 4.50. The number of nitrogens with zero attached hydrogens (tertiary/aromatic N) is 3. The number of hydrogen-bond donors (Lipinski definition) is 0. The van der Waals surface area contributed by atoms with Gasteiger partial charge in [-0.2, -0.15) is 0 Å². The van der Waals surface area contributed by atoms with Crippen molar-refractivity contribution in [3.8, 4) is 5.75 Å². The molecule has 0 unspecified atom stereocenters. The van der Waals surface area contributed by atoms with Gasteiger partial charge < -0.3 is 9.64 Å². The predicted molar refractivity (Wildman–Crippen MR) is 115 cm³/mol. The Morgan fingerprint density at radius 1 is 1.24 bits per heavy atom. The third-order valence-electron chi connectivity index (χ3n) is 5.17. The first-order chi connectivity index (χ1) is 14.0. The van der Waals surface area contributed by atoms with E-state index in [2.05, 4.69) is 20.9 Å². The molecule has 29 heavy (non-hydrogen) atoms. The van der Waals surface area contributed by atoms with E-state index in [-0.39, 0.29) is 17.9 Å². The molecule has 150 valence electrons. The van der Waals surface area contributed by atoms with E-state index < -0.39 is 0 Å². The van der Waals surface area contributed by atoms with E-state index in [1.165, 1.54) is 10.9 Å². The van der Waals surface area contributed by atoms with Crippen LogP contribution in [0, 0.1) is 0 Å². The number of ether oxygens (including phenoxy) is 1. The standard InChI is InChI=1S/C22H22BrN3O3/c1-29-18-7-2-15(3-8-18)13-26(17-5-6-17)21(27)10-11-25-14-24-20-9-4-16(23)12-19(20)22(25)28/h2-4,7-9,12,14,17H,5-6,10-11,13H2,1H3. The fourth-order valence-corrected chi connectivity index (χ4v) is 3.75. The van der Waals surface area contributed by atoms with Crippen LogP contribution in [0.1, 0.15) is 24.8 Å². The smallest absolute Gasteiger partial charge is 0.261 e. The fraction of sp³-hybridized carbons (Fsp3) is 0.318. The van der Waals surface area contributed by atoms with Gasteiger partial charge in [0.05, 0.1) is 24.3 Å². The van der Waals surface area contributed by atoms with E-state index in [1.54, 1.807) is 19.2 Å². The maximum atomic E-state index is 12.9. The van der Waals surface area contributed by atoms with Gasteiger partial charge in [0.15, 0.2) is 0 Å². The molecule has 7 heteroatoms.